The number of sulfone groups is 1. The minimum Gasteiger partial charge on any atom is -0.508 e. The van der Waals surface area contributed by atoms with Crippen LogP contribution in [-0.2, 0) is 27.5 Å². The number of aromatic hydroxyl groups is 1. The SMILES string of the molecule is C[C@H](Cc1ccc(S(=O)(=O)c2ccc(O)cc2)cc1)N(Cc1ccccc1)C(=O)OC(C)(C)C. The van der Waals surface area contributed by atoms with E-state index in [0.717, 1.165) is 11.1 Å². The van der Waals surface area contributed by atoms with Gasteiger partial charge in [-0.05, 0) is 81.6 Å². The normalized spacial score (nSPS) is 12.7. The van der Waals surface area contributed by atoms with Crippen LogP contribution < -0.4 is 0 Å². The molecule has 6 nitrogen and oxygen atoms in total. The molecule has 3 aromatic rings. The minimum atomic E-state index is -3.69. The summed E-state index contributed by atoms with van der Waals surface area (Å²) in [5, 5.41) is 9.42. The van der Waals surface area contributed by atoms with Crippen molar-refractivity contribution < 1.29 is 23.1 Å². The summed E-state index contributed by atoms with van der Waals surface area (Å²) in [5.41, 5.74) is 1.28. The molecule has 0 fully saturated rings. The minimum absolute atomic E-state index is 0.00771. The van der Waals surface area contributed by atoms with Gasteiger partial charge in [-0.15, -0.1) is 0 Å². The molecule has 0 saturated heterocycles. The Hall–Kier alpha value is -3.32. The van der Waals surface area contributed by atoms with Crippen molar-refractivity contribution in [2.75, 3.05) is 0 Å². The highest BCUT2D eigenvalue weighted by atomic mass is 32.2. The van der Waals surface area contributed by atoms with E-state index < -0.39 is 21.5 Å². The molecular weight excluding hydrogens is 450 g/mol. The Morgan fingerprint density at radius 1 is 0.882 bits per heavy atom. The van der Waals surface area contributed by atoms with E-state index in [2.05, 4.69) is 0 Å². The van der Waals surface area contributed by atoms with Crippen molar-refractivity contribution in [3.8, 4) is 5.75 Å². The van der Waals surface area contributed by atoms with E-state index >= 15 is 0 Å². The van der Waals surface area contributed by atoms with Crippen LogP contribution in [0, 0.1) is 0 Å². The second-order valence-corrected chi connectivity index (χ2v) is 11.2. The van der Waals surface area contributed by atoms with Crippen LogP contribution in [0.3, 0.4) is 0 Å². The van der Waals surface area contributed by atoms with E-state index in [4.69, 9.17) is 4.74 Å². The molecule has 0 aromatic heterocycles. The maximum absolute atomic E-state index is 13.0. The summed E-state index contributed by atoms with van der Waals surface area (Å²) in [5.74, 6) is 0.00771. The zero-order valence-corrected chi connectivity index (χ0v) is 20.7. The van der Waals surface area contributed by atoms with Crippen molar-refractivity contribution in [2.45, 2.75) is 62.1 Å². The number of amides is 1. The van der Waals surface area contributed by atoms with E-state index in [9.17, 15) is 18.3 Å². The average molecular weight is 482 g/mol. The van der Waals surface area contributed by atoms with Crippen molar-refractivity contribution in [1.82, 2.24) is 4.90 Å². The molecule has 0 heterocycles. The number of rotatable bonds is 7. The van der Waals surface area contributed by atoms with E-state index in [0.29, 0.717) is 13.0 Å². The summed E-state index contributed by atoms with van der Waals surface area (Å²) in [6.07, 6.45) is 0.140. The highest BCUT2D eigenvalue weighted by Crippen LogP contribution is 2.24. The molecule has 0 bridgehead atoms. The van der Waals surface area contributed by atoms with Gasteiger partial charge in [0.05, 0.1) is 9.79 Å². The van der Waals surface area contributed by atoms with E-state index in [1.165, 1.54) is 24.3 Å². The smallest absolute Gasteiger partial charge is 0.410 e. The maximum Gasteiger partial charge on any atom is 0.410 e. The second kappa shape index (κ2) is 10.3. The van der Waals surface area contributed by atoms with E-state index in [1.807, 2.05) is 58.0 Å². The first-order chi connectivity index (χ1) is 16.0. The standard InChI is InChI=1S/C27H31NO5S/c1-20(28(26(30)33-27(2,3)4)19-22-8-6-5-7-9-22)18-21-10-14-24(15-11-21)34(31,32)25-16-12-23(29)13-17-25/h5-17,20,29H,18-19H2,1-4H3/t20-/m1/s1. The third-order valence-electron chi connectivity index (χ3n) is 5.27. The number of benzene rings is 3. The van der Waals surface area contributed by atoms with Crippen molar-refractivity contribution in [1.29, 1.82) is 0 Å². The van der Waals surface area contributed by atoms with Gasteiger partial charge >= 0.3 is 6.09 Å². The van der Waals surface area contributed by atoms with Crippen LogP contribution in [-0.4, -0.2) is 36.2 Å². The summed E-state index contributed by atoms with van der Waals surface area (Å²) >= 11 is 0. The van der Waals surface area contributed by atoms with Gasteiger partial charge in [0.1, 0.15) is 11.4 Å². The molecule has 0 spiro atoms. The lowest BCUT2D eigenvalue weighted by molar-refractivity contribution is 0.0156. The van der Waals surface area contributed by atoms with Gasteiger partial charge in [-0.3, -0.25) is 0 Å². The van der Waals surface area contributed by atoms with Gasteiger partial charge in [-0.2, -0.15) is 0 Å². The number of hydrogen-bond donors (Lipinski definition) is 1. The lowest BCUT2D eigenvalue weighted by Gasteiger charge is -2.32. The zero-order valence-electron chi connectivity index (χ0n) is 19.9. The zero-order chi connectivity index (χ0) is 24.9. The molecule has 3 rings (SSSR count). The fourth-order valence-electron chi connectivity index (χ4n) is 3.52. The Kier molecular flexibility index (Phi) is 7.67. The third-order valence-corrected chi connectivity index (χ3v) is 7.05. The molecule has 3 aromatic carbocycles. The Balaban J connectivity index is 1.78. The van der Waals surface area contributed by atoms with Gasteiger partial charge in [-0.1, -0.05) is 42.5 Å². The molecule has 7 heteroatoms. The molecule has 1 amide bonds. The van der Waals surface area contributed by atoms with Crippen LogP contribution >= 0.6 is 0 Å². The Labute approximate surface area is 201 Å². The fraction of sp³-hybridized carbons (Fsp3) is 0.296. The number of nitrogens with zero attached hydrogens (tertiary/aromatic N) is 1. The summed E-state index contributed by atoms with van der Waals surface area (Å²) < 4.78 is 31.4. The number of carbonyl (C=O) groups excluding carboxylic acids is 1. The van der Waals surface area contributed by atoms with Gasteiger partial charge in [0.15, 0.2) is 0 Å². The van der Waals surface area contributed by atoms with Crippen LogP contribution in [0.1, 0.15) is 38.8 Å². The Morgan fingerprint density at radius 2 is 1.41 bits per heavy atom. The molecule has 0 radical (unpaired) electrons. The van der Waals surface area contributed by atoms with Crippen molar-refractivity contribution in [3.63, 3.8) is 0 Å². The Morgan fingerprint density at radius 3 is 1.94 bits per heavy atom. The lowest BCUT2D eigenvalue weighted by Crippen LogP contribution is -2.42. The summed E-state index contributed by atoms with van der Waals surface area (Å²) in [7, 11) is -3.69. The second-order valence-electron chi connectivity index (χ2n) is 9.29. The number of carbonyl (C=O) groups is 1. The molecule has 0 aliphatic heterocycles. The quantitative estimate of drug-likeness (QED) is 0.475. The molecule has 0 unspecified atom stereocenters. The first-order valence-electron chi connectivity index (χ1n) is 11.1. The molecule has 34 heavy (non-hydrogen) atoms. The van der Waals surface area contributed by atoms with Gasteiger partial charge < -0.3 is 14.7 Å². The van der Waals surface area contributed by atoms with Crippen molar-refractivity contribution in [3.05, 3.63) is 90.0 Å². The van der Waals surface area contributed by atoms with Crippen LogP contribution in [0.2, 0.25) is 0 Å². The number of ether oxygens (including phenoxy) is 1. The van der Waals surface area contributed by atoms with Crippen LogP contribution in [0.4, 0.5) is 4.79 Å². The molecule has 1 N–H and O–H groups in total. The molecule has 0 aliphatic rings. The molecule has 180 valence electrons. The predicted molar refractivity (Wildman–Crippen MR) is 131 cm³/mol. The highest BCUT2D eigenvalue weighted by Gasteiger charge is 2.26. The van der Waals surface area contributed by atoms with Gasteiger partial charge in [0, 0.05) is 12.6 Å². The summed E-state index contributed by atoms with van der Waals surface area (Å²) in [4.78, 5) is 14.9. The number of phenolic OH excluding ortho intramolecular Hbond substituents is 1. The molecule has 0 aliphatic carbocycles. The first kappa shape index (κ1) is 25.3. The maximum atomic E-state index is 13.0. The van der Waals surface area contributed by atoms with Crippen LogP contribution in [0.15, 0.2) is 88.7 Å². The van der Waals surface area contributed by atoms with Crippen LogP contribution in [0.5, 0.6) is 5.75 Å². The largest absolute Gasteiger partial charge is 0.508 e. The van der Waals surface area contributed by atoms with Gasteiger partial charge in [0.25, 0.3) is 0 Å². The van der Waals surface area contributed by atoms with Crippen molar-refractivity contribution in [2.24, 2.45) is 0 Å². The van der Waals surface area contributed by atoms with E-state index in [1.54, 1.807) is 29.2 Å². The van der Waals surface area contributed by atoms with Crippen LogP contribution in [0.25, 0.3) is 0 Å². The average Bonchev–Trinajstić information content (AvgIpc) is 2.77. The number of phenols is 1. The first-order valence-corrected chi connectivity index (χ1v) is 12.6. The number of hydrogen-bond acceptors (Lipinski definition) is 5. The summed E-state index contributed by atoms with van der Waals surface area (Å²) in [6, 6.07) is 21.7. The lowest BCUT2D eigenvalue weighted by atomic mass is 10.1. The molecular formula is C27H31NO5S. The monoisotopic (exact) mass is 481 g/mol. The fourth-order valence-corrected chi connectivity index (χ4v) is 4.78. The third kappa shape index (κ3) is 6.60. The van der Waals surface area contributed by atoms with Crippen molar-refractivity contribution >= 4 is 15.9 Å². The summed E-state index contributed by atoms with van der Waals surface area (Å²) in [6.45, 7) is 7.87. The van der Waals surface area contributed by atoms with Gasteiger partial charge in [-0.25, -0.2) is 13.2 Å². The van der Waals surface area contributed by atoms with E-state index in [-0.39, 0.29) is 21.6 Å². The Bertz CT molecular complexity index is 1200. The van der Waals surface area contributed by atoms with Gasteiger partial charge in [0.2, 0.25) is 9.84 Å². The highest BCUT2D eigenvalue weighted by molar-refractivity contribution is 7.91. The topological polar surface area (TPSA) is 83.9 Å². The molecule has 1 atom stereocenters. The predicted octanol–water partition coefficient (Wildman–Crippen LogP) is 5.59. The molecule has 0 saturated carbocycles.